The van der Waals surface area contributed by atoms with Crippen LogP contribution in [0.5, 0.6) is 5.75 Å². The second kappa shape index (κ2) is 11.8. The molecule has 3 unspecified atom stereocenters. The van der Waals surface area contributed by atoms with Gasteiger partial charge in [0.1, 0.15) is 24.4 Å². The van der Waals surface area contributed by atoms with E-state index in [9.17, 15) is 24.3 Å². The highest BCUT2D eigenvalue weighted by Crippen LogP contribution is 2.12. The normalized spacial score (nSPS) is 13.8. The van der Waals surface area contributed by atoms with Crippen LogP contribution in [-0.4, -0.2) is 58.6 Å². The summed E-state index contributed by atoms with van der Waals surface area (Å²) in [4.78, 5) is 47.7. The SMILES string of the molecule is CC(C)CC(N)C(=O)NC(Cc1ccc(O)cc1)C(=O)NC(C)C(=O)NCC(=O)O. The first-order valence-electron chi connectivity index (χ1n) is 9.63. The predicted molar refractivity (Wildman–Crippen MR) is 109 cm³/mol. The van der Waals surface area contributed by atoms with E-state index in [0.717, 1.165) is 0 Å². The summed E-state index contributed by atoms with van der Waals surface area (Å²) in [6, 6.07) is 3.31. The quantitative estimate of drug-likeness (QED) is 0.279. The molecule has 3 amide bonds. The van der Waals surface area contributed by atoms with Gasteiger partial charge in [-0.1, -0.05) is 26.0 Å². The number of carboxylic acids is 1. The Morgan fingerprint density at radius 2 is 1.57 bits per heavy atom. The molecule has 0 bridgehead atoms. The summed E-state index contributed by atoms with van der Waals surface area (Å²) >= 11 is 0. The maximum absolute atomic E-state index is 12.7. The zero-order valence-electron chi connectivity index (χ0n) is 17.3. The number of nitrogens with one attached hydrogen (secondary N) is 3. The summed E-state index contributed by atoms with van der Waals surface area (Å²) in [6.45, 7) is 4.67. The molecule has 10 nitrogen and oxygen atoms in total. The van der Waals surface area contributed by atoms with E-state index >= 15 is 0 Å². The Morgan fingerprint density at radius 1 is 0.967 bits per heavy atom. The average Bonchev–Trinajstić information content (AvgIpc) is 2.66. The molecule has 0 aliphatic carbocycles. The number of aromatic hydroxyl groups is 1. The van der Waals surface area contributed by atoms with Gasteiger partial charge in [0.25, 0.3) is 0 Å². The van der Waals surface area contributed by atoms with Crippen LogP contribution in [0, 0.1) is 5.92 Å². The zero-order valence-corrected chi connectivity index (χ0v) is 17.3. The molecule has 0 fully saturated rings. The molecule has 0 radical (unpaired) electrons. The minimum atomic E-state index is -1.21. The molecule has 7 N–H and O–H groups in total. The molecule has 30 heavy (non-hydrogen) atoms. The molecule has 166 valence electrons. The van der Waals surface area contributed by atoms with E-state index in [1.165, 1.54) is 19.1 Å². The zero-order chi connectivity index (χ0) is 22.8. The van der Waals surface area contributed by atoms with Gasteiger partial charge < -0.3 is 31.9 Å². The summed E-state index contributed by atoms with van der Waals surface area (Å²) in [5.41, 5.74) is 6.58. The van der Waals surface area contributed by atoms with E-state index in [2.05, 4.69) is 16.0 Å². The smallest absolute Gasteiger partial charge is 0.322 e. The lowest BCUT2D eigenvalue weighted by molar-refractivity contribution is -0.138. The molecule has 0 aromatic heterocycles. The Hall–Kier alpha value is -3.14. The molecule has 1 aromatic rings. The van der Waals surface area contributed by atoms with Crippen LogP contribution < -0.4 is 21.7 Å². The van der Waals surface area contributed by atoms with E-state index in [-0.39, 0.29) is 18.1 Å². The van der Waals surface area contributed by atoms with E-state index in [1.54, 1.807) is 12.1 Å². The van der Waals surface area contributed by atoms with Crippen LogP contribution in [0.4, 0.5) is 0 Å². The second-order valence-corrected chi connectivity index (χ2v) is 7.51. The molecule has 0 heterocycles. The number of benzene rings is 1. The maximum Gasteiger partial charge on any atom is 0.322 e. The van der Waals surface area contributed by atoms with Crippen LogP contribution in [0.2, 0.25) is 0 Å². The van der Waals surface area contributed by atoms with Crippen molar-refractivity contribution >= 4 is 23.7 Å². The largest absolute Gasteiger partial charge is 0.508 e. The van der Waals surface area contributed by atoms with Gasteiger partial charge >= 0.3 is 5.97 Å². The fourth-order valence-electron chi connectivity index (χ4n) is 2.67. The third kappa shape index (κ3) is 8.91. The number of carboxylic acid groups (broad SMARTS) is 1. The Kier molecular flexibility index (Phi) is 9.76. The van der Waals surface area contributed by atoms with Gasteiger partial charge in [0.2, 0.25) is 17.7 Å². The van der Waals surface area contributed by atoms with Gasteiger partial charge in [0.05, 0.1) is 6.04 Å². The first-order chi connectivity index (χ1) is 14.0. The summed E-state index contributed by atoms with van der Waals surface area (Å²) < 4.78 is 0. The van der Waals surface area contributed by atoms with Gasteiger partial charge in [0, 0.05) is 6.42 Å². The van der Waals surface area contributed by atoms with Crippen LogP contribution in [-0.2, 0) is 25.6 Å². The Bertz CT molecular complexity index is 750. The van der Waals surface area contributed by atoms with Crippen molar-refractivity contribution in [2.45, 2.75) is 51.7 Å². The van der Waals surface area contributed by atoms with Crippen LogP contribution in [0.25, 0.3) is 0 Å². The minimum Gasteiger partial charge on any atom is -0.508 e. The van der Waals surface area contributed by atoms with Gasteiger partial charge in [-0.15, -0.1) is 0 Å². The van der Waals surface area contributed by atoms with Crippen molar-refractivity contribution in [3.63, 3.8) is 0 Å². The van der Waals surface area contributed by atoms with Crippen molar-refractivity contribution in [2.75, 3.05) is 6.54 Å². The van der Waals surface area contributed by atoms with Gasteiger partial charge in [0.15, 0.2) is 0 Å². The van der Waals surface area contributed by atoms with Crippen molar-refractivity contribution in [2.24, 2.45) is 11.7 Å². The van der Waals surface area contributed by atoms with Gasteiger partial charge in [-0.05, 0) is 37.0 Å². The highest BCUT2D eigenvalue weighted by molar-refractivity contribution is 5.93. The predicted octanol–water partition coefficient (Wildman–Crippen LogP) is -0.502. The fourth-order valence-corrected chi connectivity index (χ4v) is 2.67. The maximum atomic E-state index is 12.7. The summed E-state index contributed by atoms with van der Waals surface area (Å²) in [5, 5.41) is 25.3. The van der Waals surface area contributed by atoms with Gasteiger partial charge in [-0.2, -0.15) is 0 Å². The summed E-state index contributed by atoms with van der Waals surface area (Å²) in [5.74, 6) is -2.74. The molecule has 3 atom stereocenters. The van der Waals surface area contributed by atoms with E-state index in [1.807, 2.05) is 13.8 Å². The summed E-state index contributed by atoms with van der Waals surface area (Å²) in [6.07, 6.45) is 0.545. The van der Waals surface area contributed by atoms with Crippen LogP contribution >= 0.6 is 0 Å². The van der Waals surface area contributed by atoms with Gasteiger partial charge in [-0.25, -0.2) is 0 Å². The van der Waals surface area contributed by atoms with E-state index < -0.39 is 48.4 Å². The monoisotopic (exact) mass is 422 g/mol. The molecule has 1 aromatic carbocycles. The summed E-state index contributed by atoms with van der Waals surface area (Å²) in [7, 11) is 0. The lowest BCUT2D eigenvalue weighted by Crippen LogP contribution is -2.56. The molecule has 0 aliphatic heterocycles. The lowest BCUT2D eigenvalue weighted by Gasteiger charge is -2.23. The molecule has 0 saturated carbocycles. The molecule has 1 rings (SSSR count). The number of nitrogens with two attached hydrogens (primary N) is 1. The third-order valence-electron chi connectivity index (χ3n) is 4.24. The average molecular weight is 422 g/mol. The van der Waals surface area contributed by atoms with Gasteiger partial charge in [-0.3, -0.25) is 19.2 Å². The molecule has 10 heteroatoms. The van der Waals surface area contributed by atoms with Crippen LogP contribution in [0.3, 0.4) is 0 Å². The Balaban J connectivity index is 2.88. The van der Waals surface area contributed by atoms with Crippen molar-refractivity contribution in [3.05, 3.63) is 29.8 Å². The van der Waals surface area contributed by atoms with E-state index in [4.69, 9.17) is 10.8 Å². The standard InChI is InChI=1S/C20H30N4O6/c1-11(2)8-15(21)19(29)24-16(9-13-4-6-14(25)7-5-13)20(30)23-12(3)18(28)22-10-17(26)27/h4-7,11-12,15-16,25H,8-10,21H2,1-3H3,(H,22,28)(H,23,30)(H,24,29)(H,26,27). The second-order valence-electron chi connectivity index (χ2n) is 7.51. The number of rotatable bonds is 11. The number of hydrogen-bond donors (Lipinski definition) is 6. The van der Waals surface area contributed by atoms with Crippen molar-refractivity contribution in [1.29, 1.82) is 0 Å². The number of hydrogen-bond acceptors (Lipinski definition) is 6. The fraction of sp³-hybridized carbons (Fsp3) is 0.500. The van der Waals surface area contributed by atoms with Crippen LogP contribution in [0.1, 0.15) is 32.8 Å². The van der Waals surface area contributed by atoms with Crippen molar-refractivity contribution < 1.29 is 29.4 Å². The Labute approximate surface area is 175 Å². The number of amides is 3. The molecule has 0 spiro atoms. The number of aliphatic carboxylic acids is 1. The molecule has 0 aliphatic rings. The molecular formula is C20H30N4O6. The highest BCUT2D eigenvalue weighted by atomic mass is 16.4. The van der Waals surface area contributed by atoms with Crippen molar-refractivity contribution in [1.82, 2.24) is 16.0 Å². The molecular weight excluding hydrogens is 392 g/mol. The minimum absolute atomic E-state index is 0.0615. The highest BCUT2D eigenvalue weighted by Gasteiger charge is 2.27. The van der Waals surface area contributed by atoms with Crippen molar-refractivity contribution in [3.8, 4) is 5.75 Å². The third-order valence-corrected chi connectivity index (χ3v) is 4.24. The van der Waals surface area contributed by atoms with E-state index in [0.29, 0.717) is 12.0 Å². The molecule has 0 saturated heterocycles. The first-order valence-corrected chi connectivity index (χ1v) is 9.63. The number of phenolic OH excluding ortho intramolecular Hbond substituents is 1. The Morgan fingerprint density at radius 3 is 2.10 bits per heavy atom. The number of carbonyl (C=O) groups is 4. The lowest BCUT2D eigenvalue weighted by atomic mass is 10.0. The number of carbonyl (C=O) groups excluding carboxylic acids is 3. The number of phenols is 1. The van der Waals surface area contributed by atoms with Crippen LogP contribution in [0.15, 0.2) is 24.3 Å². The topological polar surface area (TPSA) is 171 Å². The first kappa shape index (κ1) is 24.9.